The van der Waals surface area contributed by atoms with Crippen LogP contribution in [0.15, 0.2) is 42.5 Å². The van der Waals surface area contributed by atoms with Crippen LogP contribution < -0.4 is 5.32 Å². The standard InChI is InChI=1S/C18H17ClFN3OS/c1-11(18(24)22-14-8-7-12(19)9-13(14)20)23(2)10-17-21-15-5-3-4-6-16(15)25-17/h3-9,11H,10H2,1-2H3,(H,22,24). The number of likely N-dealkylation sites (N-methyl/N-ethyl adjacent to an activating group) is 1. The zero-order valence-electron chi connectivity index (χ0n) is 13.8. The van der Waals surface area contributed by atoms with E-state index in [1.807, 2.05) is 36.2 Å². The summed E-state index contributed by atoms with van der Waals surface area (Å²) in [5.41, 5.74) is 1.07. The van der Waals surface area contributed by atoms with Crippen molar-refractivity contribution in [3.8, 4) is 0 Å². The number of rotatable bonds is 5. The third-order valence-corrected chi connectivity index (χ3v) is 5.21. The number of nitrogens with zero attached hydrogens (tertiary/aromatic N) is 2. The van der Waals surface area contributed by atoms with Crippen LogP contribution in [0, 0.1) is 5.82 Å². The van der Waals surface area contributed by atoms with Gasteiger partial charge >= 0.3 is 0 Å². The van der Waals surface area contributed by atoms with Gasteiger partial charge in [0.05, 0.1) is 28.5 Å². The van der Waals surface area contributed by atoms with Gasteiger partial charge in [-0.05, 0) is 44.3 Å². The molecule has 1 heterocycles. The number of amides is 1. The number of anilines is 1. The third kappa shape index (κ3) is 4.15. The Balaban J connectivity index is 1.66. The zero-order valence-corrected chi connectivity index (χ0v) is 15.4. The van der Waals surface area contributed by atoms with Crippen LogP contribution in [0.4, 0.5) is 10.1 Å². The van der Waals surface area contributed by atoms with E-state index in [0.29, 0.717) is 6.54 Å². The number of aromatic nitrogens is 1. The molecule has 1 N–H and O–H groups in total. The average Bonchev–Trinajstić information content (AvgIpc) is 2.98. The van der Waals surface area contributed by atoms with Crippen molar-refractivity contribution in [3.05, 3.63) is 58.3 Å². The number of fused-ring (bicyclic) bond motifs is 1. The van der Waals surface area contributed by atoms with E-state index in [4.69, 9.17) is 11.6 Å². The summed E-state index contributed by atoms with van der Waals surface area (Å²) in [6.45, 7) is 2.31. The normalized spacial score (nSPS) is 12.5. The van der Waals surface area contributed by atoms with Gasteiger partial charge in [0.1, 0.15) is 10.8 Å². The summed E-state index contributed by atoms with van der Waals surface area (Å²) in [5, 5.41) is 3.82. The maximum atomic E-state index is 13.8. The maximum Gasteiger partial charge on any atom is 0.241 e. The fourth-order valence-electron chi connectivity index (χ4n) is 2.37. The maximum absolute atomic E-state index is 13.8. The number of carbonyl (C=O) groups excluding carboxylic acids is 1. The van der Waals surface area contributed by atoms with E-state index in [-0.39, 0.29) is 16.6 Å². The van der Waals surface area contributed by atoms with Gasteiger partial charge in [0, 0.05) is 5.02 Å². The van der Waals surface area contributed by atoms with Crippen molar-refractivity contribution in [3.63, 3.8) is 0 Å². The molecule has 1 atom stereocenters. The van der Waals surface area contributed by atoms with Crippen LogP contribution >= 0.6 is 22.9 Å². The summed E-state index contributed by atoms with van der Waals surface area (Å²) in [5.74, 6) is -0.841. The molecule has 0 spiro atoms. The smallest absolute Gasteiger partial charge is 0.241 e. The number of halogens is 2. The first-order valence-electron chi connectivity index (χ1n) is 7.74. The minimum absolute atomic E-state index is 0.120. The summed E-state index contributed by atoms with van der Waals surface area (Å²) in [6, 6.07) is 11.6. The van der Waals surface area contributed by atoms with Gasteiger partial charge in [-0.15, -0.1) is 11.3 Å². The summed E-state index contributed by atoms with van der Waals surface area (Å²) >= 11 is 7.33. The van der Waals surface area contributed by atoms with Gasteiger partial charge in [-0.25, -0.2) is 9.37 Å². The number of thiazole rings is 1. The number of nitrogens with one attached hydrogen (secondary N) is 1. The minimum atomic E-state index is -0.554. The van der Waals surface area contributed by atoms with Crippen LogP contribution in [0.25, 0.3) is 10.2 Å². The number of benzene rings is 2. The van der Waals surface area contributed by atoms with Gasteiger partial charge in [-0.3, -0.25) is 9.69 Å². The van der Waals surface area contributed by atoms with Crippen LogP contribution in [-0.2, 0) is 11.3 Å². The van der Waals surface area contributed by atoms with Crippen LogP contribution in [0.3, 0.4) is 0 Å². The Labute approximate surface area is 154 Å². The van der Waals surface area contributed by atoms with E-state index in [9.17, 15) is 9.18 Å². The van der Waals surface area contributed by atoms with Crippen molar-refractivity contribution < 1.29 is 9.18 Å². The van der Waals surface area contributed by atoms with Crippen LogP contribution in [0.2, 0.25) is 5.02 Å². The van der Waals surface area contributed by atoms with E-state index >= 15 is 0 Å². The van der Waals surface area contributed by atoms with Crippen molar-refractivity contribution in [2.24, 2.45) is 0 Å². The predicted octanol–water partition coefficient (Wildman–Crippen LogP) is 4.55. The lowest BCUT2D eigenvalue weighted by molar-refractivity contribution is -0.120. The molecule has 7 heteroatoms. The molecule has 3 rings (SSSR count). The van der Waals surface area contributed by atoms with E-state index in [1.54, 1.807) is 18.3 Å². The fourth-order valence-corrected chi connectivity index (χ4v) is 3.56. The molecule has 1 unspecified atom stereocenters. The lowest BCUT2D eigenvalue weighted by atomic mass is 10.2. The number of para-hydroxylation sites is 1. The van der Waals surface area contributed by atoms with Gasteiger partial charge in [-0.1, -0.05) is 23.7 Å². The number of hydrogen-bond acceptors (Lipinski definition) is 4. The highest BCUT2D eigenvalue weighted by molar-refractivity contribution is 7.18. The lowest BCUT2D eigenvalue weighted by Crippen LogP contribution is -2.39. The van der Waals surface area contributed by atoms with Crippen LogP contribution in [0.5, 0.6) is 0 Å². The van der Waals surface area contributed by atoms with E-state index in [0.717, 1.165) is 15.2 Å². The zero-order chi connectivity index (χ0) is 18.0. The first-order valence-corrected chi connectivity index (χ1v) is 8.94. The second kappa shape index (κ2) is 7.47. The molecule has 25 heavy (non-hydrogen) atoms. The molecule has 1 amide bonds. The highest BCUT2D eigenvalue weighted by atomic mass is 35.5. The molecule has 0 aliphatic rings. The van der Waals surface area contributed by atoms with Crippen molar-refractivity contribution in [2.75, 3.05) is 12.4 Å². The van der Waals surface area contributed by atoms with E-state index in [1.165, 1.54) is 18.2 Å². The highest BCUT2D eigenvalue weighted by Gasteiger charge is 2.20. The summed E-state index contributed by atoms with van der Waals surface area (Å²) < 4.78 is 14.9. The molecule has 0 fully saturated rings. The lowest BCUT2D eigenvalue weighted by Gasteiger charge is -2.23. The van der Waals surface area contributed by atoms with Crippen LogP contribution in [0.1, 0.15) is 11.9 Å². The monoisotopic (exact) mass is 377 g/mol. The van der Waals surface area contributed by atoms with Crippen molar-refractivity contribution in [1.29, 1.82) is 0 Å². The Bertz CT molecular complexity index is 881. The van der Waals surface area contributed by atoms with Crippen LogP contribution in [-0.4, -0.2) is 28.9 Å². The molecule has 0 bridgehead atoms. The van der Waals surface area contributed by atoms with E-state index in [2.05, 4.69) is 10.3 Å². The van der Waals surface area contributed by atoms with Crippen molar-refractivity contribution in [1.82, 2.24) is 9.88 Å². The van der Waals surface area contributed by atoms with E-state index < -0.39 is 11.9 Å². The molecule has 0 saturated carbocycles. The van der Waals surface area contributed by atoms with Gasteiger partial charge in [0.25, 0.3) is 0 Å². The molecular weight excluding hydrogens is 361 g/mol. The van der Waals surface area contributed by atoms with Crippen molar-refractivity contribution >= 4 is 44.7 Å². The Morgan fingerprint density at radius 2 is 2.12 bits per heavy atom. The first kappa shape index (κ1) is 17.8. The molecule has 0 radical (unpaired) electrons. The predicted molar refractivity (Wildman–Crippen MR) is 101 cm³/mol. The SMILES string of the molecule is CC(C(=O)Nc1ccc(Cl)cc1F)N(C)Cc1nc2ccccc2s1. The molecule has 130 valence electrons. The quantitative estimate of drug-likeness (QED) is 0.709. The average molecular weight is 378 g/mol. The van der Waals surface area contributed by atoms with Gasteiger partial charge < -0.3 is 5.32 Å². The Morgan fingerprint density at radius 3 is 2.84 bits per heavy atom. The molecule has 0 aliphatic heterocycles. The fraction of sp³-hybridized carbons (Fsp3) is 0.222. The van der Waals surface area contributed by atoms with Crippen molar-refractivity contribution in [2.45, 2.75) is 19.5 Å². The summed E-state index contributed by atoms with van der Waals surface area (Å²) in [7, 11) is 1.84. The second-order valence-corrected chi connectivity index (χ2v) is 7.33. The molecule has 0 saturated heterocycles. The number of hydrogen-bond donors (Lipinski definition) is 1. The van der Waals surface area contributed by atoms with Gasteiger partial charge in [0.2, 0.25) is 5.91 Å². The minimum Gasteiger partial charge on any atom is -0.322 e. The highest BCUT2D eigenvalue weighted by Crippen LogP contribution is 2.23. The molecule has 0 aliphatic carbocycles. The summed E-state index contributed by atoms with van der Waals surface area (Å²) in [6.07, 6.45) is 0. The second-order valence-electron chi connectivity index (χ2n) is 5.78. The van der Waals surface area contributed by atoms with Gasteiger partial charge in [-0.2, -0.15) is 0 Å². The third-order valence-electron chi connectivity index (χ3n) is 3.95. The molecule has 1 aromatic heterocycles. The molecular formula is C18H17ClFN3OS. The molecule has 2 aromatic carbocycles. The van der Waals surface area contributed by atoms with Gasteiger partial charge in [0.15, 0.2) is 0 Å². The Kier molecular flexibility index (Phi) is 5.32. The topological polar surface area (TPSA) is 45.2 Å². The molecule has 4 nitrogen and oxygen atoms in total. The molecule has 3 aromatic rings. The summed E-state index contributed by atoms with van der Waals surface area (Å²) in [4.78, 5) is 18.8. The Hall–Kier alpha value is -2.02. The number of carbonyl (C=O) groups is 1. The Morgan fingerprint density at radius 1 is 1.36 bits per heavy atom. The largest absolute Gasteiger partial charge is 0.322 e. The first-order chi connectivity index (χ1) is 11.9.